The van der Waals surface area contributed by atoms with Crippen LogP contribution in [-0.2, 0) is 4.74 Å². The molecule has 0 aromatic heterocycles. The molecule has 1 aliphatic carbocycles. The SMILES string of the molecule is Cc1ccc([C@H]2C[C@@H]2NC(=O)OC(C)(C)C)cc1. The second-order valence-electron chi connectivity index (χ2n) is 6.01. The number of rotatable bonds is 2. The summed E-state index contributed by atoms with van der Waals surface area (Å²) in [6.45, 7) is 7.69. The third-order valence-corrected chi connectivity index (χ3v) is 3.00. The molecule has 1 aliphatic rings. The van der Waals surface area contributed by atoms with Crippen molar-refractivity contribution in [1.29, 1.82) is 0 Å². The van der Waals surface area contributed by atoms with Gasteiger partial charge >= 0.3 is 6.09 Å². The number of benzene rings is 1. The topological polar surface area (TPSA) is 38.3 Å². The average molecular weight is 247 g/mol. The molecule has 0 unspecified atom stereocenters. The molecule has 3 heteroatoms. The monoisotopic (exact) mass is 247 g/mol. The molecule has 0 heterocycles. The molecular weight excluding hydrogens is 226 g/mol. The van der Waals surface area contributed by atoms with Gasteiger partial charge in [-0.25, -0.2) is 4.79 Å². The van der Waals surface area contributed by atoms with Crippen LogP contribution in [0.1, 0.15) is 44.2 Å². The van der Waals surface area contributed by atoms with Gasteiger partial charge in [0.25, 0.3) is 0 Å². The smallest absolute Gasteiger partial charge is 0.407 e. The van der Waals surface area contributed by atoms with Crippen LogP contribution in [0.25, 0.3) is 0 Å². The lowest BCUT2D eigenvalue weighted by Gasteiger charge is -2.19. The highest BCUT2D eigenvalue weighted by atomic mass is 16.6. The third-order valence-electron chi connectivity index (χ3n) is 3.00. The molecule has 3 nitrogen and oxygen atoms in total. The number of ether oxygens (including phenoxy) is 1. The third kappa shape index (κ3) is 3.49. The first kappa shape index (κ1) is 12.9. The number of carbonyl (C=O) groups is 1. The van der Waals surface area contributed by atoms with E-state index in [4.69, 9.17) is 4.74 Å². The first-order chi connectivity index (χ1) is 8.35. The maximum Gasteiger partial charge on any atom is 0.407 e. The largest absolute Gasteiger partial charge is 0.444 e. The van der Waals surface area contributed by atoms with Crippen LogP contribution in [-0.4, -0.2) is 17.7 Å². The number of aryl methyl sites for hydroxylation is 1. The zero-order valence-corrected chi connectivity index (χ0v) is 11.5. The standard InChI is InChI=1S/C15H21NO2/c1-10-5-7-11(8-6-10)12-9-13(12)16-14(17)18-15(2,3)4/h5-8,12-13H,9H2,1-4H3,(H,16,17)/t12-,13+/m1/s1. The molecule has 0 aliphatic heterocycles. The van der Waals surface area contributed by atoms with E-state index in [1.165, 1.54) is 11.1 Å². The van der Waals surface area contributed by atoms with Crippen molar-refractivity contribution in [2.24, 2.45) is 0 Å². The van der Waals surface area contributed by atoms with E-state index in [2.05, 4.69) is 36.5 Å². The molecule has 2 rings (SSSR count). The van der Waals surface area contributed by atoms with Crippen LogP contribution in [0, 0.1) is 6.92 Å². The van der Waals surface area contributed by atoms with Crippen molar-refractivity contribution in [1.82, 2.24) is 5.32 Å². The van der Waals surface area contributed by atoms with Crippen molar-refractivity contribution in [2.45, 2.75) is 51.7 Å². The lowest BCUT2D eigenvalue weighted by Crippen LogP contribution is -2.34. The van der Waals surface area contributed by atoms with E-state index < -0.39 is 5.60 Å². The van der Waals surface area contributed by atoms with E-state index in [1.54, 1.807) is 0 Å². The average Bonchev–Trinajstić information content (AvgIpc) is 2.95. The summed E-state index contributed by atoms with van der Waals surface area (Å²) in [5.41, 5.74) is 2.12. The van der Waals surface area contributed by atoms with E-state index in [0.29, 0.717) is 5.92 Å². The Morgan fingerprint density at radius 3 is 2.44 bits per heavy atom. The molecule has 1 N–H and O–H groups in total. The lowest BCUT2D eigenvalue weighted by atomic mass is 10.1. The molecule has 1 aromatic rings. The fourth-order valence-corrected chi connectivity index (χ4v) is 2.00. The molecular formula is C15H21NO2. The van der Waals surface area contributed by atoms with E-state index >= 15 is 0 Å². The van der Waals surface area contributed by atoms with Gasteiger partial charge in [-0.2, -0.15) is 0 Å². The molecule has 0 saturated heterocycles. The summed E-state index contributed by atoms with van der Waals surface area (Å²) in [6, 6.07) is 8.71. The van der Waals surface area contributed by atoms with Gasteiger partial charge in [-0.05, 0) is 39.7 Å². The Kier molecular flexibility index (Phi) is 3.33. The summed E-state index contributed by atoms with van der Waals surface area (Å²) in [4.78, 5) is 11.6. The Bertz CT molecular complexity index is 431. The van der Waals surface area contributed by atoms with E-state index in [9.17, 15) is 4.79 Å². The van der Waals surface area contributed by atoms with Crippen LogP contribution in [0.3, 0.4) is 0 Å². The first-order valence-corrected chi connectivity index (χ1v) is 6.41. The zero-order valence-electron chi connectivity index (χ0n) is 11.5. The Hall–Kier alpha value is -1.51. The molecule has 1 fully saturated rings. The quantitative estimate of drug-likeness (QED) is 0.870. The van der Waals surface area contributed by atoms with E-state index in [1.807, 2.05) is 20.8 Å². The van der Waals surface area contributed by atoms with Crippen molar-refractivity contribution in [3.05, 3.63) is 35.4 Å². The molecule has 1 saturated carbocycles. The van der Waals surface area contributed by atoms with Gasteiger partial charge in [-0.1, -0.05) is 29.8 Å². The van der Waals surface area contributed by atoms with Gasteiger partial charge in [-0.15, -0.1) is 0 Å². The van der Waals surface area contributed by atoms with Crippen LogP contribution in [0.15, 0.2) is 24.3 Å². The summed E-state index contributed by atoms with van der Waals surface area (Å²) in [5, 5.41) is 2.91. The minimum Gasteiger partial charge on any atom is -0.444 e. The Morgan fingerprint density at radius 1 is 1.28 bits per heavy atom. The summed E-state index contributed by atoms with van der Waals surface area (Å²) in [5.74, 6) is 0.443. The summed E-state index contributed by atoms with van der Waals surface area (Å²) >= 11 is 0. The van der Waals surface area contributed by atoms with Gasteiger partial charge in [0.2, 0.25) is 0 Å². The van der Waals surface area contributed by atoms with Crippen LogP contribution in [0.2, 0.25) is 0 Å². The predicted octanol–water partition coefficient (Wildman–Crippen LogP) is 3.38. The van der Waals surface area contributed by atoms with Crippen molar-refractivity contribution < 1.29 is 9.53 Å². The van der Waals surface area contributed by atoms with Gasteiger partial charge in [0.15, 0.2) is 0 Å². The Morgan fingerprint density at radius 2 is 1.89 bits per heavy atom. The number of nitrogens with one attached hydrogen (secondary N) is 1. The van der Waals surface area contributed by atoms with Crippen molar-refractivity contribution in [3.63, 3.8) is 0 Å². The summed E-state index contributed by atoms with van der Waals surface area (Å²) in [6.07, 6.45) is 0.685. The van der Waals surface area contributed by atoms with Gasteiger partial charge in [-0.3, -0.25) is 0 Å². The fourth-order valence-electron chi connectivity index (χ4n) is 2.00. The number of amides is 1. The molecule has 0 spiro atoms. The van der Waals surface area contributed by atoms with Crippen LogP contribution in [0.5, 0.6) is 0 Å². The van der Waals surface area contributed by atoms with Crippen molar-refractivity contribution in [3.8, 4) is 0 Å². The van der Waals surface area contributed by atoms with Gasteiger partial charge in [0.1, 0.15) is 5.60 Å². The number of alkyl carbamates (subject to hydrolysis) is 1. The van der Waals surface area contributed by atoms with Crippen LogP contribution in [0.4, 0.5) is 4.79 Å². The molecule has 0 radical (unpaired) electrons. The van der Waals surface area contributed by atoms with Gasteiger partial charge in [0.05, 0.1) is 0 Å². The number of carbonyl (C=O) groups excluding carboxylic acids is 1. The molecule has 1 aromatic carbocycles. The normalized spacial score (nSPS) is 22.4. The first-order valence-electron chi connectivity index (χ1n) is 6.41. The maximum atomic E-state index is 11.6. The molecule has 18 heavy (non-hydrogen) atoms. The predicted molar refractivity (Wildman–Crippen MR) is 71.7 cm³/mol. The highest BCUT2D eigenvalue weighted by molar-refractivity contribution is 5.69. The maximum absolute atomic E-state index is 11.6. The van der Waals surface area contributed by atoms with Crippen LogP contribution < -0.4 is 5.32 Å². The van der Waals surface area contributed by atoms with Crippen molar-refractivity contribution >= 4 is 6.09 Å². The van der Waals surface area contributed by atoms with E-state index in [-0.39, 0.29) is 12.1 Å². The second kappa shape index (κ2) is 4.63. The highest BCUT2D eigenvalue weighted by Gasteiger charge is 2.40. The summed E-state index contributed by atoms with van der Waals surface area (Å²) in [7, 11) is 0. The lowest BCUT2D eigenvalue weighted by molar-refractivity contribution is 0.0523. The fraction of sp³-hybridized carbons (Fsp3) is 0.533. The molecule has 1 amide bonds. The highest BCUT2D eigenvalue weighted by Crippen LogP contribution is 2.40. The Balaban J connectivity index is 1.85. The zero-order chi connectivity index (χ0) is 13.3. The molecule has 2 atom stereocenters. The van der Waals surface area contributed by atoms with Gasteiger partial charge in [0, 0.05) is 12.0 Å². The van der Waals surface area contributed by atoms with Crippen molar-refractivity contribution in [2.75, 3.05) is 0 Å². The molecule has 0 bridgehead atoms. The van der Waals surface area contributed by atoms with E-state index in [0.717, 1.165) is 6.42 Å². The summed E-state index contributed by atoms with van der Waals surface area (Å²) < 4.78 is 5.24. The molecule has 98 valence electrons. The van der Waals surface area contributed by atoms with Gasteiger partial charge < -0.3 is 10.1 Å². The number of hydrogen-bond acceptors (Lipinski definition) is 2. The minimum absolute atomic E-state index is 0.225. The Labute approximate surface area is 109 Å². The minimum atomic E-state index is -0.432. The van der Waals surface area contributed by atoms with Crippen LogP contribution >= 0.6 is 0 Å². The second-order valence-corrected chi connectivity index (χ2v) is 6.01. The number of hydrogen-bond donors (Lipinski definition) is 1.